The van der Waals surface area contributed by atoms with Crippen LogP contribution in [-0.2, 0) is 0 Å². The third-order valence-corrected chi connectivity index (χ3v) is 0. The first-order chi connectivity index (χ1) is 1.41. The Hall–Kier alpha value is 3.27. The van der Waals surface area contributed by atoms with Crippen molar-refractivity contribution in [3.8, 4) is 0 Å². The van der Waals surface area contributed by atoms with Gasteiger partial charge in [0.2, 0.25) is 0 Å². The van der Waals surface area contributed by atoms with Crippen molar-refractivity contribution in [2.45, 2.75) is 0 Å². The Bertz CT molecular complexity index is 6.00. The molecule has 0 rings (SSSR count). The summed E-state index contributed by atoms with van der Waals surface area (Å²) in [4.78, 5) is 0. The number of halogens is 2. The van der Waals surface area contributed by atoms with Gasteiger partial charge in [-0.25, -0.2) is 0 Å². The van der Waals surface area contributed by atoms with E-state index in [0.29, 0.717) is 0 Å². The van der Waals surface area contributed by atoms with Gasteiger partial charge in [0.1, 0.15) is 0 Å². The molecule has 0 aliphatic rings. The van der Waals surface area contributed by atoms with E-state index in [9.17, 15) is 0 Å². The average molecular weight is 670 g/mol. The maximum atomic E-state index is 2.47. The molecule has 0 amide bonds. The van der Waals surface area contributed by atoms with E-state index in [2.05, 4.69) is 35.5 Å². The minimum atomic E-state index is 0. The van der Waals surface area contributed by atoms with Crippen molar-refractivity contribution in [2.75, 3.05) is 0 Å². The van der Waals surface area contributed by atoms with Crippen LogP contribution in [0.1, 0.15) is 0 Å². The molecule has 0 N–H and O–H groups in total. The Kier molecular flexibility index (Phi) is 24.6. The topological polar surface area (TPSA) is 0 Å². The predicted octanol–water partition coefficient (Wildman–Crippen LogP) is 1.01. The van der Waals surface area contributed by atoms with Crippen molar-refractivity contribution in [2.24, 2.45) is 0 Å². The van der Waals surface area contributed by atoms with E-state index in [0.717, 1.165) is 0 Å². The summed E-state index contributed by atoms with van der Waals surface area (Å²) in [5.41, 5.74) is 0. The molecule has 5 radical (unpaired) electrons. The van der Waals surface area contributed by atoms with Crippen molar-refractivity contribution in [1.82, 2.24) is 0 Å². The van der Waals surface area contributed by atoms with Crippen molar-refractivity contribution in [3.05, 3.63) is 0 Å². The number of hydrogen-bond acceptors (Lipinski definition) is 0. The molecule has 0 spiro atoms. The van der Waals surface area contributed by atoms with Crippen LogP contribution < -0.4 is 0 Å². The van der Waals surface area contributed by atoms with Crippen LogP contribution in [0.5, 0.6) is 0 Å². The first kappa shape index (κ1) is 10.3. The van der Waals surface area contributed by atoms with E-state index >= 15 is 0 Å². The second-order valence-electron chi connectivity index (χ2n) is 0.0714. The fraction of sp³-hybridized carbons (Fsp3) is 0. The van der Waals surface area contributed by atoms with Crippen molar-refractivity contribution < 1.29 is 0 Å². The van der Waals surface area contributed by atoms with Crippen molar-refractivity contribution in [1.29, 1.82) is 0 Å². The summed E-state index contributed by atoms with van der Waals surface area (Å²) in [5, 5.41) is 0. The van der Waals surface area contributed by atoms with Crippen LogP contribution in [0.15, 0.2) is 0 Å². The summed E-state index contributed by atoms with van der Waals surface area (Å²) in [5.74, 6) is 0. The monoisotopic (exact) mass is 671 g/mol. The van der Waals surface area contributed by atoms with Gasteiger partial charge in [0.15, 0.2) is 0 Å². The molecule has 0 heterocycles. The zero-order valence-electron chi connectivity index (χ0n) is 1.70. The van der Waals surface area contributed by atoms with Crippen LogP contribution in [0.2, 0.25) is 0 Å². The van der Waals surface area contributed by atoms with E-state index in [1.165, 1.54) is 0 Å². The van der Waals surface area contributed by atoms with Crippen LogP contribution in [0.3, 0.4) is 0 Å². The number of hydrogen-bond donors (Lipinski definition) is 0. The molecule has 0 saturated heterocycles. The molecule has 0 bridgehead atoms. The standard InChI is InChI=1S/Bi.2HI.Pb/h;2*1H;/q;;;+2/p-2. The quantitative estimate of drug-likeness (QED) is 0.267. The van der Waals surface area contributed by atoms with Gasteiger partial charge < -0.3 is 0 Å². The van der Waals surface area contributed by atoms with E-state index in [1.54, 1.807) is 0 Å². The second kappa shape index (κ2) is 9.55. The minimum absolute atomic E-state index is 0. The van der Waals surface area contributed by atoms with Gasteiger partial charge in [0, 0.05) is 26.2 Å². The van der Waals surface area contributed by atoms with Crippen LogP contribution in [0.4, 0.5) is 0 Å². The molecule has 0 atom stereocenters. The summed E-state index contributed by atoms with van der Waals surface area (Å²) in [7, 11) is 0. The Morgan fingerprint density at radius 3 is 1.25 bits per heavy atom. The Morgan fingerprint density at radius 2 is 1.25 bits per heavy atom. The molecule has 0 aromatic carbocycles. The second-order valence-corrected chi connectivity index (χ2v) is 28.2. The maximum absolute atomic E-state index is 2.47. The van der Waals surface area contributed by atoms with Gasteiger partial charge in [0.25, 0.3) is 0 Å². The van der Waals surface area contributed by atoms with E-state index in [4.69, 9.17) is 0 Å². The molecule has 0 fully saturated rings. The van der Waals surface area contributed by atoms with Crippen LogP contribution in [0.25, 0.3) is 0 Å². The van der Waals surface area contributed by atoms with Gasteiger partial charge in [-0.3, -0.25) is 0 Å². The van der Waals surface area contributed by atoms with Crippen LogP contribution in [0, 0.1) is 0 Å². The first-order valence-electron chi connectivity index (χ1n) is 0.378. The van der Waals surface area contributed by atoms with E-state index < -0.39 is 0 Å². The summed E-state index contributed by atoms with van der Waals surface area (Å²) in [6.45, 7) is 0. The Morgan fingerprint density at radius 1 is 1.25 bits per heavy atom. The third-order valence-electron chi connectivity index (χ3n) is 0. The summed E-state index contributed by atoms with van der Waals surface area (Å²) in [6, 6.07) is 0. The zero-order chi connectivity index (χ0) is 2.71. The molecule has 0 saturated carbocycles. The van der Waals surface area contributed by atoms with Crippen molar-refractivity contribution >= 4 is 77.4 Å². The third kappa shape index (κ3) is 8.98. The van der Waals surface area contributed by atoms with Gasteiger partial charge in [-0.05, 0) is 0 Å². The molecule has 0 aliphatic heterocycles. The molecular formula is BiI2Pb. The van der Waals surface area contributed by atoms with E-state index in [1.807, 2.05) is 0 Å². The van der Waals surface area contributed by atoms with Gasteiger partial charge in [-0.1, -0.05) is 0 Å². The summed E-state index contributed by atoms with van der Waals surface area (Å²) < 4.78 is 0. The molecule has 0 aromatic rings. The fourth-order valence-electron chi connectivity index (χ4n) is 0. The van der Waals surface area contributed by atoms with Crippen molar-refractivity contribution in [3.63, 3.8) is 0 Å². The average Bonchev–Trinajstić information content (AvgIpc) is 0.918. The van der Waals surface area contributed by atoms with E-state index in [-0.39, 0.29) is 41.9 Å². The van der Waals surface area contributed by atoms with Gasteiger partial charge >= 0.3 is 51.2 Å². The molecule has 0 aromatic heterocycles. The molecule has 4 heteroatoms. The number of rotatable bonds is 0. The summed E-state index contributed by atoms with van der Waals surface area (Å²) in [6.07, 6.45) is 0. The Balaban J connectivity index is 0. The molecular weight excluding hydrogens is 670 g/mol. The van der Waals surface area contributed by atoms with Gasteiger partial charge in [-0.15, -0.1) is 0 Å². The fourth-order valence-corrected chi connectivity index (χ4v) is 0. The molecule has 0 unspecified atom stereocenters. The normalized spacial score (nSPS) is 4.50. The van der Waals surface area contributed by atoms with Crippen LogP contribution in [-0.4, -0.2) is 41.9 Å². The first-order valence-corrected chi connectivity index (χ1v) is 22.2. The van der Waals surface area contributed by atoms with Crippen LogP contribution >= 0.6 is 35.5 Å². The summed E-state index contributed by atoms with van der Waals surface area (Å²) >= 11 is 4.96. The van der Waals surface area contributed by atoms with Gasteiger partial charge in [0.05, 0.1) is 0 Å². The molecule has 0 aliphatic carbocycles. The van der Waals surface area contributed by atoms with Gasteiger partial charge in [-0.2, -0.15) is 0 Å². The Labute approximate surface area is 75.1 Å². The molecule has 23 valence electrons. The molecule has 4 heavy (non-hydrogen) atoms. The predicted molar refractivity (Wildman–Crippen MR) is 39.5 cm³/mol. The SMILES string of the molecule is [Bi].[I][Pb][I]. The molecule has 0 nitrogen and oxygen atoms in total. The zero-order valence-corrected chi connectivity index (χ0v) is 13.4.